The fraction of sp³-hybridized carbons (Fsp3) is 0. The Balaban J connectivity index is 1.65. The Morgan fingerprint density at radius 1 is 0.528 bits per heavy atom. The van der Waals surface area contributed by atoms with Crippen LogP contribution < -0.4 is 0 Å². The molecule has 0 saturated heterocycles. The molecule has 0 radical (unpaired) electrons. The van der Waals surface area contributed by atoms with Crippen LogP contribution in [0.25, 0.3) is 49.7 Å². The summed E-state index contributed by atoms with van der Waals surface area (Å²) in [5, 5.41) is 21.0. The highest BCUT2D eigenvalue weighted by molar-refractivity contribution is 6.11. The number of para-hydroxylation sites is 1. The zero-order valence-corrected chi connectivity index (χ0v) is 19.1. The third-order valence-corrected chi connectivity index (χ3v) is 6.54. The van der Waals surface area contributed by atoms with Gasteiger partial charge in [-0.1, -0.05) is 72.8 Å². The predicted molar refractivity (Wildman–Crippen MR) is 141 cm³/mol. The summed E-state index contributed by atoms with van der Waals surface area (Å²) in [6, 6.07) is 39.7. The topological polar surface area (TPSA) is 52.5 Å². The summed E-state index contributed by atoms with van der Waals surface area (Å²) in [4.78, 5) is 0. The van der Waals surface area contributed by atoms with Crippen molar-refractivity contribution in [1.29, 1.82) is 10.5 Å². The van der Waals surface area contributed by atoms with Gasteiger partial charge < -0.3 is 4.57 Å². The minimum absolute atomic E-state index is 0.139. The lowest BCUT2D eigenvalue weighted by atomic mass is 9.98. The molecular weight excluding hydrogens is 445 g/mol. The van der Waals surface area contributed by atoms with Crippen LogP contribution in [0.4, 0.5) is 4.39 Å². The van der Waals surface area contributed by atoms with E-state index in [1.807, 2.05) is 60.7 Å². The quantitative estimate of drug-likeness (QED) is 0.267. The zero-order valence-electron chi connectivity index (χ0n) is 19.1. The molecule has 6 aromatic rings. The predicted octanol–water partition coefficient (Wildman–Crippen LogP) is 8.00. The molecule has 0 saturated carbocycles. The average molecular weight is 464 g/mol. The van der Waals surface area contributed by atoms with Gasteiger partial charge in [-0.3, -0.25) is 0 Å². The summed E-state index contributed by atoms with van der Waals surface area (Å²) in [6.45, 7) is 0. The molecule has 168 valence electrons. The van der Waals surface area contributed by atoms with E-state index in [9.17, 15) is 14.9 Å². The van der Waals surface area contributed by atoms with Gasteiger partial charge in [0.25, 0.3) is 0 Å². The Morgan fingerprint density at radius 3 is 1.56 bits per heavy atom. The summed E-state index contributed by atoms with van der Waals surface area (Å²) >= 11 is 0. The number of nitriles is 2. The van der Waals surface area contributed by atoms with Crippen LogP contribution in [0.15, 0.2) is 109 Å². The van der Waals surface area contributed by atoms with Crippen LogP contribution in [0.3, 0.4) is 0 Å². The van der Waals surface area contributed by atoms with Crippen LogP contribution in [0.1, 0.15) is 11.1 Å². The average Bonchev–Trinajstić information content (AvgIpc) is 3.27. The van der Waals surface area contributed by atoms with E-state index in [1.54, 1.807) is 0 Å². The molecule has 0 N–H and O–H groups in total. The third kappa shape index (κ3) is 3.41. The van der Waals surface area contributed by atoms with E-state index in [0.29, 0.717) is 5.56 Å². The van der Waals surface area contributed by atoms with Gasteiger partial charge in [-0.2, -0.15) is 10.5 Å². The van der Waals surface area contributed by atoms with Crippen LogP contribution in [-0.4, -0.2) is 4.57 Å². The van der Waals surface area contributed by atoms with Crippen molar-refractivity contribution in [2.45, 2.75) is 0 Å². The fourth-order valence-electron chi connectivity index (χ4n) is 4.82. The molecule has 0 aliphatic heterocycles. The van der Waals surface area contributed by atoms with Gasteiger partial charge in [-0.05, 0) is 58.7 Å². The van der Waals surface area contributed by atoms with Crippen molar-refractivity contribution in [1.82, 2.24) is 4.57 Å². The van der Waals surface area contributed by atoms with E-state index >= 15 is 0 Å². The van der Waals surface area contributed by atoms with E-state index in [0.717, 1.165) is 44.2 Å². The molecule has 0 aliphatic rings. The van der Waals surface area contributed by atoms with Gasteiger partial charge in [0.05, 0.1) is 22.2 Å². The first-order chi connectivity index (χ1) is 17.7. The minimum atomic E-state index is -0.781. The van der Waals surface area contributed by atoms with E-state index < -0.39 is 5.82 Å². The molecule has 5 aromatic carbocycles. The molecule has 4 heteroatoms. The molecule has 0 bridgehead atoms. The van der Waals surface area contributed by atoms with Crippen molar-refractivity contribution in [3.8, 4) is 40.1 Å². The summed E-state index contributed by atoms with van der Waals surface area (Å²) in [6.07, 6.45) is 0. The molecule has 1 aromatic heterocycles. The van der Waals surface area contributed by atoms with Gasteiger partial charge in [0.1, 0.15) is 12.1 Å². The molecule has 0 amide bonds. The second kappa shape index (κ2) is 8.55. The standard InChI is InChI=1S/C32H18FN3/c33-32-25(19-34)15-24(16-26(32)20-35)23-12-14-29-28-13-11-22(21-7-3-1-4-8-21)17-30(28)36(31(29)18-23)27-9-5-2-6-10-27/h1-18H. The lowest BCUT2D eigenvalue weighted by Crippen LogP contribution is -1.94. The number of aromatic nitrogens is 1. The molecule has 36 heavy (non-hydrogen) atoms. The molecular formula is C32H18FN3. The minimum Gasteiger partial charge on any atom is -0.309 e. The second-order valence-electron chi connectivity index (χ2n) is 8.61. The van der Waals surface area contributed by atoms with Crippen molar-refractivity contribution >= 4 is 21.8 Å². The van der Waals surface area contributed by atoms with Gasteiger partial charge >= 0.3 is 0 Å². The monoisotopic (exact) mass is 463 g/mol. The molecule has 0 unspecified atom stereocenters. The number of rotatable bonds is 3. The lowest BCUT2D eigenvalue weighted by molar-refractivity contribution is 0.620. The SMILES string of the molecule is N#Cc1cc(-c2ccc3c4ccc(-c5ccccc5)cc4n(-c4ccccc4)c3c2)cc(C#N)c1F. The first-order valence-corrected chi connectivity index (χ1v) is 11.5. The van der Waals surface area contributed by atoms with E-state index in [4.69, 9.17) is 0 Å². The largest absolute Gasteiger partial charge is 0.309 e. The highest BCUT2D eigenvalue weighted by Crippen LogP contribution is 2.37. The smallest absolute Gasteiger partial charge is 0.158 e. The van der Waals surface area contributed by atoms with Gasteiger partial charge in [0, 0.05) is 16.5 Å². The number of hydrogen-bond donors (Lipinski definition) is 0. The first kappa shape index (κ1) is 21.4. The van der Waals surface area contributed by atoms with Crippen molar-refractivity contribution in [2.75, 3.05) is 0 Å². The maximum absolute atomic E-state index is 14.4. The molecule has 1 heterocycles. The molecule has 0 atom stereocenters. The fourth-order valence-corrected chi connectivity index (χ4v) is 4.82. The van der Waals surface area contributed by atoms with Gasteiger partial charge in [-0.25, -0.2) is 4.39 Å². The third-order valence-electron chi connectivity index (χ3n) is 6.54. The normalized spacial score (nSPS) is 10.9. The number of halogens is 1. The van der Waals surface area contributed by atoms with Crippen molar-refractivity contribution in [3.05, 3.63) is 126 Å². The molecule has 0 fully saturated rings. The number of benzene rings is 5. The molecule has 0 aliphatic carbocycles. The van der Waals surface area contributed by atoms with Crippen LogP contribution in [-0.2, 0) is 0 Å². The summed E-state index contributed by atoms with van der Waals surface area (Å²) in [7, 11) is 0. The second-order valence-corrected chi connectivity index (χ2v) is 8.61. The van der Waals surface area contributed by atoms with Gasteiger partial charge in [0.2, 0.25) is 0 Å². The lowest BCUT2D eigenvalue weighted by Gasteiger charge is -2.10. The Kier molecular flexibility index (Phi) is 5.07. The van der Waals surface area contributed by atoms with Crippen LogP contribution in [0, 0.1) is 28.5 Å². The van der Waals surface area contributed by atoms with E-state index in [-0.39, 0.29) is 11.1 Å². The molecule has 6 rings (SSSR count). The number of nitrogens with zero attached hydrogens (tertiary/aromatic N) is 3. The van der Waals surface area contributed by atoms with Crippen LogP contribution in [0.5, 0.6) is 0 Å². The summed E-state index contributed by atoms with van der Waals surface area (Å²) in [5.74, 6) is -0.781. The summed E-state index contributed by atoms with van der Waals surface area (Å²) in [5.41, 5.74) is 6.50. The Morgan fingerprint density at radius 2 is 1.03 bits per heavy atom. The first-order valence-electron chi connectivity index (χ1n) is 11.5. The van der Waals surface area contributed by atoms with Gasteiger partial charge in [0.15, 0.2) is 5.82 Å². The van der Waals surface area contributed by atoms with E-state index in [1.165, 1.54) is 12.1 Å². The maximum atomic E-state index is 14.4. The van der Waals surface area contributed by atoms with Gasteiger partial charge in [-0.15, -0.1) is 0 Å². The van der Waals surface area contributed by atoms with Crippen LogP contribution in [0.2, 0.25) is 0 Å². The number of hydrogen-bond acceptors (Lipinski definition) is 2. The Bertz CT molecular complexity index is 1820. The van der Waals surface area contributed by atoms with E-state index in [2.05, 4.69) is 53.1 Å². The van der Waals surface area contributed by atoms with Crippen molar-refractivity contribution in [2.24, 2.45) is 0 Å². The highest BCUT2D eigenvalue weighted by Gasteiger charge is 2.16. The maximum Gasteiger partial charge on any atom is 0.158 e. The summed E-state index contributed by atoms with van der Waals surface area (Å²) < 4.78 is 16.6. The molecule has 3 nitrogen and oxygen atoms in total. The highest BCUT2D eigenvalue weighted by atomic mass is 19.1. The zero-order chi connectivity index (χ0) is 24.6. The Labute approximate surface area is 207 Å². The van der Waals surface area contributed by atoms with Crippen molar-refractivity contribution < 1.29 is 4.39 Å². The van der Waals surface area contributed by atoms with Crippen molar-refractivity contribution in [3.63, 3.8) is 0 Å². The number of fused-ring (bicyclic) bond motifs is 3. The van der Waals surface area contributed by atoms with Crippen LogP contribution >= 0.6 is 0 Å². The Hall–Kier alpha value is -5.19. The molecule has 0 spiro atoms.